The maximum Gasteiger partial charge on any atom is 0.434 e. The standard InChI is InChI=1S/C16H14F6N4O/c17-15(18,19)9-2-1-3-11(6-9)26-13(16(20,21)22)12(7-24-26)14(27)25-5-4-10(23)8-25/h1-3,6-7,10H,4-5,8,23H2. The molecule has 1 aliphatic rings. The fourth-order valence-corrected chi connectivity index (χ4v) is 2.93. The van der Waals surface area contributed by atoms with Crippen LogP contribution in [0.5, 0.6) is 0 Å². The Morgan fingerprint density at radius 3 is 2.41 bits per heavy atom. The van der Waals surface area contributed by atoms with Crippen molar-refractivity contribution in [2.24, 2.45) is 5.73 Å². The van der Waals surface area contributed by atoms with Gasteiger partial charge in [-0.15, -0.1) is 0 Å². The van der Waals surface area contributed by atoms with Gasteiger partial charge < -0.3 is 10.6 Å². The maximum atomic E-state index is 13.6. The normalized spacial score (nSPS) is 18.2. The van der Waals surface area contributed by atoms with E-state index in [-0.39, 0.29) is 19.1 Å². The maximum absolute atomic E-state index is 13.6. The highest BCUT2D eigenvalue weighted by molar-refractivity contribution is 5.95. The van der Waals surface area contributed by atoms with Crippen molar-refractivity contribution in [1.29, 1.82) is 0 Å². The summed E-state index contributed by atoms with van der Waals surface area (Å²) in [5, 5.41) is 3.54. The average molecular weight is 392 g/mol. The molecule has 1 saturated heterocycles. The molecule has 0 radical (unpaired) electrons. The molecule has 1 atom stereocenters. The first-order valence-corrected chi connectivity index (χ1v) is 7.86. The molecule has 1 aromatic heterocycles. The number of nitrogens with two attached hydrogens (primary N) is 1. The van der Waals surface area contributed by atoms with Gasteiger partial charge in [-0.25, -0.2) is 4.68 Å². The fourth-order valence-electron chi connectivity index (χ4n) is 2.93. The number of carbonyl (C=O) groups excluding carboxylic acids is 1. The molecular weight excluding hydrogens is 378 g/mol. The molecule has 1 aliphatic heterocycles. The number of alkyl halides is 6. The van der Waals surface area contributed by atoms with Gasteiger partial charge in [0.1, 0.15) is 0 Å². The van der Waals surface area contributed by atoms with Crippen molar-refractivity contribution < 1.29 is 31.1 Å². The lowest BCUT2D eigenvalue weighted by Crippen LogP contribution is -2.33. The Kier molecular flexibility index (Phi) is 4.66. The van der Waals surface area contributed by atoms with Crippen LogP contribution < -0.4 is 5.73 Å². The predicted octanol–water partition coefficient (Wildman–Crippen LogP) is 3.08. The van der Waals surface area contributed by atoms with Gasteiger partial charge in [0.2, 0.25) is 0 Å². The van der Waals surface area contributed by atoms with Crippen LogP contribution in [0.1, 0.15) is 28.0 Å². The van der Waals surface area contributed by atoms with Gasteiger partial charge in [-0.2, -0.15) is 31.4 Å². The van der Waals surface area contributed by atoms with E-state index in [1.807, 2.05) is 0 Å². The van der Waals surface area contributed by atoms with Gasteiger partial charge in [-0.3, -0.25) is 4.79 Å². The first-order valence-electron chi connectivity index (χ1n) is 7.86. The van der Waals surface area contributed by atoms with Crippen molar-refractivity contribution in [3.05, 3.63) is 47.3 Å². The Hall–Kier alpha value is -2.56. The van der Waals surface area contributed by atoms with Gasteiger partial charge in [0.15, 0.2) is 5.69 Å². The number of likely N-dealkylation sites (tertiary alicyclic amines) is 1. The minimum absolute atomic E-state index is 0.102. The summed E-state index contributed by atoms with van der Waals surface area (Å²) in [6.45, 7) is 0.302. The predicted molar refractivity (Wildman–Crippen MR) is 82.1 cm³/mol. The molecule has 5 nitrogen and oxygen atoms in total. The van der Waals surface area contributed by atoms with E-state index in [4.69, 9.17) is 5.73 Å². The van der Waals surface area contributed by atoms with Crippen LogP contribution in [0, 0.1) is 0 Å². The molecule has 2 heterocycles. The number of hydrogen-bond donors (Lipinski definition) is 1. The topological polar surface area (TPSA) is 64.2 Å². The van der Waals surface area contributed by atoms with Crippen molar-refractivity contribution in [3.8, 4) is 5.69 Å². The number of halogens is 6. The second-order valence-electron chi connectivity index (χ2n) is 6.16. The van der Waals surface area contributed by atoms with Crippen LogP contribution in [0.4, 0.5) is 26.3 Å². The van der Waals surface area contributed by atoms with E-state index in [1.165, 1.54) is 4.90 Å². The van der Waals surface area contributed by atoms with E-state index in [9.17, 15) is 31.1 Å². The van der Waals surface area contributed by atoms with Crippen LogP contribution in [-0.4, -0.2) is 39.7 Å². The van der Waals surface area contributed by atoms with E-state index < -0.39 is 40.8 Å². The molecule has 146 valence electrons. The molecule has 11 heteroatoms. The summed E-state index contributed by atoms with van der Waals surface area (Å²) < 4.78 is 79.7. The Balaban J connectivity index is 2.08. The van der Waals surface area contributed by atoms with E-state index >= 15 is 0 Å². The smallest absolute Gasteiger partial charge is 0.337 e. The molecular formula is C16H14F6N4O. The van der Waals surface area contributed by atoms with E-state index in [2.05, 4.69) is 5.10 Å². The van der Waals surface area contributed by atoms with Crippen molar-refractivity contribution in [2.75, 3.05) is 13.1 Å². The fraction of sp³-hybridized carbons (Fsp3) is 0.375. The van der Waals surface area contributed by atoms with Crippen LogP contribution in [0.3, 0.4) is 0 Å². The molecule has 2 N–H and O–H groups in total. The highest BCUT2D eigenvalue weighted by atomic mass is 19.4. The lowest BCUT2D eigenvalue weighted by atomic mass is 10.1. The monoisotopic (exact) mass is 392 g/mol. The molecule has 1 unspecified atom stereocenters. The van der Waals surface area contributed by atoms with Crippen molar-refractivity contribution in [2.45, 2.75) is 24.8 Å². The molecule has 27 heavy (non-hydrogen) atoms. The minimum atomic E-state index is -5.00. The van der Waals surface area contributed by atoms with E-state index in [0.717, 1.165) is 24.4 Å². The largest absolute Gasteiger partial charge is 0.434 e. The molecule has 1 fully saturated rings. The Bertz CT molecular complexity index is 857. The summed E-state index contributed by atoms with van der Waals surface area (Å²) in [6.07, 6.45) is -8.56. The summed E-state index contributed by atoms with van der Waals surface area (Å²) in [5.41, 5.74) is 1.95. The van der Waals surface area contributed by atoms with E-state index in [1.54, 1.807) is 0 Å². The molecule has 2 aromatic rings. The zero-order valence-corrected chi connectivity index (χ0v) is 13.7. The van der Waals surface area contributed by atoms with Crippen LogP contribution in [-0.2, 0) is 12.4 Å². The molecule has 0 aliphatic carbocycles. The Morgan fingerprint density at radius 2 is 1.85 bits per heavy atom. The summed E-state index contributed by atoms with van der Waals surface area (Å²) in [7, 11) is 0. The molecule has 0 spiro atoms. The zero-order chi connectivity index (χ0) is 20.0. The lowest BCUT2D eigenvalue weighted by molar-refractivity contribution is -0.143. The van der Waals surface area contributed by atoms with Crippen LogP contribution in [0.15, 0.2) is 30.5 Å². The van der Waals surface area contributed by atoms with Gasteiger partial charge in [-0.05, 0) is 24.6 Å². The average Bonchev–Trinajstić information content (AvgIpc) is 3.19. The van der Waals surface area contributed by atoms with Crippen LogP contribution in [0.25, 0.3) is 5.69 Å². The second-order valence-corrected chi connectivity index (χ2v) is 6.16. The highest BCUT2D eigenvalue weighted by Gasteiger charge is 2.42. The Morgan fingerprint density at radius 1 is 1.15 bits per heavy atom. The molecule has 0 bridgehead atoms. The Labute approximate surface area is 149 Å². The van der Waals surface area contributed by atoms with E-state index in [0.29, 0.717) is 17.2 Å². The third-order valence-corrected chi connectivity index (χ3v) is 4.20. The number of hydrogen-bond acceptors (Lipinski definition) is 3. The summed E-state index contributed by atoms with van der Waals surface area (Å²) in [6, 6.07) is 2.97. The number of nitrogens with zero attached hydrogens (tertiary/aromatic N) is 3. The van der Waals surface area contributed by atoms with Gasteiger partial charge in [0, 0.05) is 19.1 Å². The number of carbonyl (C=O) groups is 1. The van der Waals surface area contributed by atoms with Gasteiger partial charge in [-0.1, -0.05) is 6.07 Å². The first kappa shape index (κ1) is 19.2. The van der Waals surface area contributed by atoms with Gasteiger partial charge in [0.25, 0.3) is 5.91 Å². The summed E-state index contributed by atoms with van der Waals surface area (Å²) >= 11 is 0. The van der Waals surface area contributed by atoms with Crippen LogP contribution >= 0.6 is 0 Å². The number of rotatable bonds is 2. The highest BCUT2D eigenvalue weighted by Crippen LogP contribution is 2.36. The third-order valence-electron chi connectivity index (χ3n) is 4.20. The summed E-state index contributed by atoms with van der Waals surface area (Å²) in [4.78, 5) is 13.6. The molecule has 1 amide bonds. The van der Waals surface area contributed by atoms with Crippen molar-refractivity contribution in [1.82, 2.24) is 14.7 Å². The quantitative estimate of drug-likeness (QED) is 0.799. The van der Waals surface area contributed by atoms with Gasteiger partial charge >= 0.3 is 12.4 Å². The number of benzene rings is 1. The molecule has 3 rings (SSSR count). The number of aromatic nitrogens is 2. The lowest BCUT2D eigenvalue weighted by Gasteiger charge is -2.18. The van der Waals surface area contributed by atoms with Crippen LogP contribution in [0.2, 0.25) is 0 Å². The zero-order valence-electron chi connectivity index (χ0n) is 13.7. The van der Waals surface area contributed by atoms with Crippen molar-refractivity contribution >= 4 is 5.91 Å². The molecule has 1 aromatic carbocycles. The third kappa shape index (κ3) is 3.77. The second kappa shape index (κ2) is 6.55. The first-order chi connectivity index (χ1) is 12.5. The minimum Gasteiger partial charge on any atom is -0.337 e. The molecule has 0 saturated carbocycles. The number of amides is 1. The summed E-state index contributed by atoms with van der Waals surface area (Å²) in [5.74, 6) is -0.909. The van der Waals surface area contributed by atoms with Gasteiger partial charge in [0.05, 0.1) is 23.0 Å². The SMILES string of the molecule is NC1CCN(C(=O)c2cnn(-c3cccc(C(F)(F)F)c3)c2C(F)(F)F)C1. The van der Waals surface area contributed by atoms with Crippen molar-refractivity contribution in [3.63, 3.8) is 0 Å².